The van der Waals surface area contributed by atoms with Crippen molar-refractivity contribution in [2.75, 3.05) is 72.7 Å². The fourth-order valence-electron chi connectivity index (χ4n) is 6.04. The first-order valence-electron chi connectivity index (χ1n) is 11.0. The number of fused-ring (bicyclic) bond motifs is 1. The SMILES string of the molecule is COC[C@@]12CC[C@@H](N3CCOCC3)C[C@H]1CCN(CCN1CCCC1=O)C2. The highest BCUT2D eigenvalue weighted by Gasteiger charge is 2.47. The summed E-state index contributed by atoms with van der Waals surface area (Å²) in [4.78, 5) is 19.2. The van der Waals surface area contributed by atoms with Crippen molar-refractivity contribution in [2.45, 2.75) is 44.6 Å². The average Bonchev–Trinajstić information content (AvgIpc) is 3.11. The maximum atomic E-state index is 11.9. The predicted molar refractivity (Wildman–Crippen MR) is 105 cm³/mol. The highest BCUT2D eigenvalue weighted by atomic mass is 16.5. The first-order valence-corrected chi connectivity index (χ1v) is 11.0. The van der Waals surface area contributed by atoms with Gasteiger partial charge in [0.15, 0.2) is 0 Å². The molecule has 0 aromatic rings. The molecule has 0 unspecified atom stereocenters. The topological polar surface area (TPSA) is 45.3 Å². The number of ether oxygens (including phenoxy) is 2. The number of likely N-dealkylation sites (tertiary alicyclic amines) is 2. The first-order chi connectivity index (χ1) is 13.2. The number of hydrogen-bond acceptors (Lipinski definition) is 5. The molecule has 6 heteroatoms. The van der Waals surface area contributed by atoms with Gasteiger partial charge in [0.25, 0.3) is 0 Å². The second-order valence-corrected chi connectivity index (χ2v) is 9.12. The number of carbonyl (C=O) groups is 1. The number of rotatable bonds is 6. The Morgan fingerprint density at radius 3 is 2.74 bits per heavy atom. The van der Waals surface area contributed by atoms with Gasteiger partial charge in [-0.1, -0.05) is 0 Å². The van der Waals surface area contributed by atoms with E-state index in [1.807, 2.05) is 7.11 Å². The van der Waals surface area contributed by atoms with E-state index in [4.69, 9.17) is 9.47 Å². The van der Waals surface area contributed by atoms with Crippen molar-refractivity contribution in [3.05, 3.63) is 0 Å². The van der Waals surface area contributed by atoms with Gasteiger partial charge in [0, 0.05) is 64.3 Å². The van der Waals surface area contributed by atoms with Crippen LogP contribution in [-0.4, -0.2) is 99.4 Å². The molecule has 4 fully saturated rings. The van der Waals surface area contributed by atoms with Crippen molar-refractivity contribution in [3.8, 4) is 0 Å². The van der Waals surface area contributed by atoms with Crippen LogP contribution in [-0.2, 0) is 14.3 Å². The summed E-state index contributed by atoms with van der Waals surface area (Å²) in [5.41, 5.74) is 0.310. The quantitative estimate of drug-likeness (QED) is 0.699. The van der Waals surface area contributed by atoms with Crippen LogP contribution < -0.4 is 0 Å². The van der Waals surface area contributed by atoms with Gasteiger partial charge in [0.05, 0.1) is 19.8 Å². The van der Waals surface area contributed by atoms with Crippen molar-refractivity contribution in [2.24, 2.45) is 11.3 Å². The average molecular weight is 380 g/mol. The van der Waals surface area contributed by atoms with Gasteiger partial charge >= 0.3 is 0 Å². The number of piperidine rings is 1. The first kappa shape index (κ1) is 19.6. The normalized spacial score (nSPS) is 36.2. The molecule has 0 bridgehead atoms. The zero-order valence-corrected chi connectivity index (χ0v) is 17.0. The lowest BCUT2D eigenvalue weighted by Crippen LogP contribution is -2.57. The van der Waals surface area contributed by atoms with E-state index in [0.717, 1.165) is 83.9 Å². The van der Waals surface area contributed by atoms with Crippen molar-refractivity contribution in [3.63, 3.8) is 0 Å². The monoisotopic (exact) mass is 379 g/mol. The van der Waals surface area contributed by atoms with Crippen LogP contribution in [0, 0.1) is 11.3 Å². The maximum Gasteiger partial charge on any atom is 0.222 e. The molecular weight excluding hydrogens is 342 g/mol. The van der Waals surface area contributed by atoms with Crippen LogP contribution in [0.15, 0.2) is 0 Å². The van der Waals surface area contributed by atoms with Crippen LogP contribution in [0.25, 0.3) is 0 Å². The molecule has 6 nitrogen and oxygen atoms in total. The molecule has 0 N–H and O–H groups in total. The van der Waals surface area contributed by atoms with Gasteiger partial charge in [0.2, 0.25) is 5.91 Å². The Morgan fingerprint density at radius 1 is 1.15 bits per heavy atom. The standard InChI is InChI=1S/C21H37N3O3/c1-26-17-21-6-4-19(23-11-13-27-14-12-23)15-18(21)5-8-22(16-21)9-10-24-7-2-3-20(24)25/h18-19H,2-17H2,1H3/t18-,19-,21+/m1/s1. The van der Waals surface area contributed by atoms with Gasteiger partial charge in [0.1, 0.15) is 0 Å². The number of amides is 1. The Kier molecular flexibility index (Phi) is 6.37. The fraction of sp³-hybridized carbons (Fsp3) is 0.952. The fourth-order valence-corrected chi connectivity index (χ4v) is 6.04. The molecule has 4 aliphatic rings. The second-order valence-electron chi connectivity index (χ2n) is 9.12. The summed E-state index contributed by atoms with van der Waals surface area (Å²) in [5.74, 6) is 1.12. The lowest BCUT2D eigenvalue weighted by Gasteiger charge is -2.54. The van der Waals surface area contributed by atoms with Crippen LogP contribution in [0.5, 0.6) is 0 Å². The van der Waals surface area contributed by atoms with E-state index in [9.17, 15) is 4.79 Å². The van der Waals surface area contributed by atoms with Gasteiger partial charge in [-0.3, -0.25) is 9.69 Å². The molecule has 3 atom stereocenters. The Hall–Kier alpha value is -0.690. The summed E-state index contributed by atoms with van der Waals surface area (Å²) in [7, 11) is 1.86. The van der Waals surface area contributed by atoms with Gasteiger partial charge < -0.3 is 19.3 Å². The summed E-state index contributed by atoms with van der Waals surface area (Å²) in [5, 5.41) is 0. The van der Waals surface area contributed by atoms with Gasteiger partial charge in [-0.25, -0.2) is 0 Å². The highest BCUT2D eigenvalue weighted by molar-refractivity contribution is 5.78. The van der Waals surface area contributed by atoms with E-state index in [-0.39, 0.29) is 0 Å². The minimum atomic E-state index is 0.310. The number of methoxy groups -OCH3 is 1. The molecular formula is C21H37N3O3. The molecule has 4 rings (SSSR count). The van der Waals surface area contributed by atoms with E-state index in [0.29, 0.717) is 11.3 Å². The third-order valence-corrected chi connectivity index (χ3v) is 7.58. The highest BCUT2D eigenvalue weighted by Crippen LogP contribution is 2.47. The molecule has 0 aromatic carbocycles. The Bertz CT molecular complexity index is 511. The molecule has 27 heavy (non-hydrogen) atoms. The summed E-state index contributed by atoms with van der Waals surface area (Å²) >= 11 is 0. The summed E-state index contributed by atoms with van der Waals surface area (Å²) < 4.78 is 11.3. The lowest BCUT2D eigenvalue weighted by molar-refractivity contribution is -0.128. The van der Waals surface area contributed by atoms with Crippen molar-refractivity contribution in [1.82, 2.24) is 14.7 Å². The van der Waals surface area contributed by atoms with Crippen molar-refractivity contribution in [1.29, 1.82) is 0 Å². The van der Waals surface area contributed by atoms with E-state index in [1.165, 1.54) is 32.2 Å². The Balaban J connectivity index is 1.34. The molecule has 154 valence electrons. The van der Waals surface area contributed by atoms with Gasteiger partial charge in [-0.15, -0.1) is 0 Å². The van der Waals surface area contributed by atoms with Gasteiger partial charge in [-0.05, 0) is 44.6 Å². The number of morpholine rings is 1. The molecule has 0 radical (unpaired) electrons. The number of carbonyl (C=O) groups excluding carboxylic acids is 1. The summed E-state index contributed by atoms with van der Waals surface area (Å²) in [6.07, 6.45) is 6.95. The molecule has 3 aliphatic heterocycles. The smallest absolute Gasteiger partial charge is 0.222 e. The number of hydrogen-bond donors (Lipinski definition) is 0. The Morgan fingerprint density at radius 2 is 2.00 bits per heavy atom. The third kappa shape index (κ3) is 4.34. The molecule has 3 heterocycles. The van der Waals surface area contributed by atoms with E-state index < -0.39 is 0 Å². The molecule has 0 aromatic heterocycles. The maximum absolute atomic E-state index is 11.9. The largest absolute Gasteiger partial charge is 0.384 e. The number of nitrogens with zero attached hydrogens (tertiary/aromatic N) is 3. The Labute approximate surface area is 164 Å². The third-order valence-electron chi connectivity index (χ3n) is 7.58. The van der Waals surface area contributed by atoms with Crippen molar-refractivity contribution < 1.29 is 14.3 Å². The summed E-state index contributed by atoms with van der Waals surface area (Å²) in [6, 6.07) is 0.734. The minimum absolute atomic E-state index is 0.310. The van der Waals surface area contributed by atoms with Crippen LogP contribution in [0.3, 0.4) is 0 Å². The molecule has 1 saturated carbocycles. The van der Waals surface area contributed by atoms with E-state index in [1.54, 1.807) is 0 Å². The van der Waals surface area contributed by atoms with Crippen LogP contribution in [0.4, 0.5) is 0 Å². The van der Waals surface area contributed by atoms with Crippen LogP contribution in [0.1, 0.15) is 38.5 Å². The van der Waals surface area contributed by atoms with Crippen LogP contribution in [0.2, 0.25) is 0 Å². The zero-order valence-electron chi connectivity index (χ0n) is 17.0. The zero-order chi connectivity index (χ0) is 18.7. The lowest BCUT2D eigenvalue weighted by atomic mass is 9.62. The summed E-state index contributed by atoms with van der Waals surface area (Å²) in [6.45, 7) is 10.1. The minimum Gasteiger partial charge on any atom is -0.384 e. The molecule has 1 aliphatic carbocycles. The molecule has 0 spiro atoms. The second kappa shape index (κ2) is 8.76. The van der Waals surface area contributed by atoms with E-state index >= 15 is 0 Å². The van der Waals surface area contributed by atoms with Crippen LogP contribution >= 0.6 is 0 Å². The van der Waals surface area contributed by atoms with Gasteiger partial charge in [-0.2, -0.15) is 0 Å². The molecule has 3 saturated heterocycles. The van der Waals surface area contributed by atoms with Crippen molar-refractivity contribution >= 4 is 5.91 Å². The predicted octanol–water partition coefficient (Wildman–Crippen LogP) is 1.45. The molecule has 1 amide bonds. The van der Waals surface area contributed by atoms with E-state index in [2.05, 4.69) is 14.7 Å².